The maximum Gasteiger partial charge on any atom is 0.298 e. The molecule has 6 nitrogen and oxygen atoms in total. The third-order valence-electron chi connectivity index (χ3n) is 1.68. The number of hydrogen-bond acceptors (Lipinski definition) is 3. The zero-order valence-corrected chi connectivity index (χ0v) is 7.90. The Morgan fingerprint density at radius 1 is 1.53 bits per heavy atom. The van der Waals surface area contributed by atoms with Crippen molar-refractivity contribution in [3.05, 3.63) is 33.6 Å². The van der Waals surface area contributed by atoms with Crippen LogP contribution < -0.4 is 11.5 Å². The quantitative estimate of drug-likeness (QED) is 0.329. The Morgan fingerprint density at radius 3 is 2.60 bits per heavy atom. The second-order valence-corrected chi connectivity index (χ2v) is 2.88. The molecule has 0 spiro atoms. The number of benzene rings is 1. The van der Waals surface area contributed by atoms with Crippen LogP contribution in [0.1, 0.15) is 5.56 Å². The number of nitrogens with zero attached hydrogens (tertiary/aromatic N) is 2. The van der Waals surface area contributed by atoms with Gasteiger partial charge in [0.05, 0.1) is 11.0 Å². The maximum absolute atomic E-state index is 12.9. The van der Waals surface area contributed by atoms with Gasteiger partial charge in [0, 0.05) is 0 Å². The number of nitro benzene ring substituents is 1. The Kier molecular flexibility index (Phi) is 2.84. The summed E-state index contributed by atoms with van der Waals surface area (Å²) >= 11 is 0. The maximum atomic E-state index is 12.9. The molecule has 1 rings (SSSR count). The van der Waals surface area contributed by atoms with E-state index in [1.54, 1.807) is 0 Å². The number of nitrogens with two attached hydrogens (primary N) is 2. The molecule has 1 aromatic carbocycles. The molecule has 0 saturated carbocycles. The number of aliphatic imine (C=N–C) groups is 1. The summed E-state index contributed by atoms with van der Waals surface area (Å²) in [4.78, 5) is 13.4. The van der Waals surface area contributed by atoms with Gasteiger partial charge in [-0.2, -0.15) is 0 Å². The molecule has 0 aliphatic carbocycles. The molecular weight excluding hydrogens is 203 g/mol. The molecule has 0 aliphatic heterocycles. The predicted octanol–water partition coefficient (Wildman–Crippen LogP) is 0.947. The first kappa shape index (κ1) is 10.9. The Balaban J connectivity index is 3.47. The molecule has 15 heavy (non-hydrogen) atoms. The number of aryl methyl sites for hydroxylation is 1. The minimum atomic E-state index is -0.738. The largest absolute Gasteiger partial charge is 0.370 e. The van der Waals surface area contributed by atoms with Crippen molar-refractivity contribution < 1.29 is 9.31 Å². The van der Waals surface area contributed by atoms with E-state index in [9.17, 15) is 14.5 Å². The molecule has 80 valence electrons. The van der Waals surface area contributed by atoms with Crippen LogP contribution in [0.3, 0.4) is 0 Å². The summed E-state index contributed by atoms with van der Waals surface area (Å²) in [6.45, 7) is 1.48. The number of guanidine groups is 1. The zero-order chi connectivity index (χ0) is 11.6. The number of rotatable bonds is 2. The molecule has 0 bridgehead atoms. The van der Waals surface area contributed by atoms with Crippen molar-refractivity contribution in [2.24, 2.45) is 16.5 Å². The van der Waals surface area contributed by atoms with Gasteiger partial charge in [0.15, 0.2) is 5.96 Å². The van der Waals surface area contributed by atoms with Crippen LogP contribution in [-0.4, -0.2) is 10.9 Å². The van der Waals surface area contributed by atoms with Crippen LogP contribution in [0.25, 0.3) is 0 Å². The van der Waals surface area contributed by atoms with Gasteiger partial charge in [0.2, 0.25) is 0 Å². The molecular formula is C8H9FN4O2. The van der Waals surface area contributed by atoms with Gasteiger partial charge in [-0.05, 0) is 18.6 Å². The van der Waals surface area contributed by atoms with Crippen LogP contribution in [0.5, 0.6) is 0 Å². The topological polar surface area (TPSA) is 108 Å². The van der Waals surface area contributed by atoms with Crippen molar-refractivity contribution in [2.45, 2.75) is 6.92 Å². The van der Waals surface area contributed by atoms with Crippen LogP contribution >= 0.6 is 0 Å². The van der Waals surface area contributed by atoms with Crippen LogP contribution in [0.2, 0.25) is 0 Å². The molecule has 7 heteroatoms. The van der Waals surface area contributed by atoms with E-state index >= 15 is 0 Å². The first-order valence-electron chi connectivity index (χ1n) is 3.96. The highest BCUT2D eigenvalue weighted by molar-refractivity contribution is 5.81. The number of nitro groups is 1. The lowest BCUT2D eigenvalue weighted by atomic mass is 10.1. The molecule has 0 atom stereocenters. The SMILES string of the molecule is Cc1cc(F)cc([N+](=O)[O-])c1N=C(N)N. The lowest BCUT2D eigenvalue weighted by Gasteiger charge is -2.02. The van der Waals surface area contributed by atoms with Crippen LogP contribution in [0, 0.1) is 22.9 Å². The first-order chi connectivity index (χ1) is 6.91. The Labute approximate surface area is 84.6 Å². The Morgan fingerprint density at radius 2 is 2.13 bits per heavy atom. The van der Waals surface area contributed by atoms with Crippen molar-refractivity contribution in [1.82, 2.24) is 0 Å². The van der Waals surface area contributed by atoms with Gasteiger partial charge in [-0.1, -0.05) is 0 Å². The molecule has 0 radical (unpaired) electrons. The summed E-state index contributed by atoms with van der Waals surface area (Å²) in [5, 5.41) is 10.6. The summed E-state index contributed by atoms with van der Waals surface area (Å²) in [6, 6.07) is 1.89. The minimum absolute atomic E-state index is 0.0265. The average Bonchev–Trinajstić information content (AvgIpc) is 2.08. The van der Waals surface area contributed by atoms with Crippen molar-refractivity contribution in [3.8, 4) is 0 Å². The van der Waals surface area contributed by atoms with Gasteiger partial charge in [0.1, 0.15) is 11.5 Å². The second-order valence-electron chi connectivity index (χ2n) is 2.88. The fraction of sp³-hybridized carbons (Fsp3) is 0.125. The monoisotopic (exact) mass is 212 g/mol. The van der Waals surface area contributed by atoms with Crippen molar-refractivity contribution in [2.75, 3.05) is 0 Å². The van der Waals surface area contributed by atoms with E-state index in [-0.39, 0.29) is 11.6 Å². The van der Waals surface area contributed by atoms with Gasteiger partial charge in [-0.25, -0.2) is 9.38 Å². The Bertz CT molecular complexity index is 441. The van der Waals surface area contributed by atoms with Crippen molar-refractivity contribution in [3.63, 3.8) is 0 Å². The molecule has 0 fully saturated rings. The van der Waals surface area contributed by atoms with E-state index in [4.69, 9.17) is 11.5 Å². The zero-order valence-electron chi connectivity index (χ0n) is 7.90. The molecule has 0 unspecified atom stereocenters. The fourth-order valence-corrected chi connectivity index (χ4v) is 1.13. The summed E-state index contributed by atoms with van der Waals surface area (Å²) < 4.78 is 12.9. The van der Waals surface area contributed by atoms with Gasteiger partial charge >= 0.3 is 0 Å². The van der Waals surface area contributed by atoms with Crippen LogP contribution in [0.15, 0.2) is 17.1 Å². The van der Waals surface area contributed by atoms with E-state index < -0.39 is 16.4 Å². The molecule has 0 aliphatic rings. The normalized spacial score (nSPS) is 9.73. The van der Waals surface area contributed by atoms with Gasteiger partial charge in [-0.15, -0.1) is 0 Å². The third kappa shape index (κ3) is 2.39. The van der Waals surface area contributed by atoms with E-state index in [0.717, 1.165) is 12.1 Å². The molecule has 0 aromatic heterocycles. The number of halogens is 1. The van der Waals surface area contributed by atoms with E-state index in [0.29, 0.717) is 5.56 Å². The van der Waals surface area contributed by atoms with Gasteiger partial charge in [0.25, 0.3) is 5.69 Å². The summed E-state index contributed by atoms with van der Waals surface area (Å²) in [7, 11) is 0. The summed E-state index contributed by atoms with van der Waals surface area (Å²) in [5.74, 6) is -1.01. The lowest BCUT2D eigenvalue weighted by Crippen LogP contribution is -2.22. The molecule has 0 amide bonds. The molecule has 0 saturated heterocycles. The first-order valence-corrected chi connectivity index (χ1v) is 3.96. The molecule has 1 aromatic rings. The third-order valence-corrected chi connectivity index (χ3v) is 1.68. The predicted molar refractivity (Wildman–Crippen MR) is 53.3 cm³/mol. The summed E-state index contributed by atoms with van der Waals surface area (Å²) in [5.41, 5.74) is 10.0. The highest BCUT2D eigenvalue weighted by Crippen LogP contribution is 2.31. The average molecular weight is 212 g/mol. The lowest BCUT2D eigenvalue weighted by molar-refractivity contribution is -0.384. The highest BCUT2D eigenvalue weighted by Gasteiger charge is 2.17. The van der Waals surface area contributed by atoms with Crippen molar-refractivity contribution in [1.29, 1.82) is 0 Å². The smallest absolute Gasteiger partial charge is 0.298 e. The van der Waals surface area contributed by atoms with Crippen molar-refractivity contribution >= 4 is 17.3 Å². The van der Waals surface area contributed by atoms with E-state index in [2.05, 4.69) is 4.99 Å². The van der Waals surface area contributed by atoms with E-state index in [1.165, 1.54) is 6.92 Å². The molecule has 0 heterocycles. The Hall–Kier alpha value is -2.18. The second kappa shape index (κ2) is 3.91. The molecule has 4 N–H and O–H groups in total. The standard InChI is InChI=1S/C8H9FN4O2/c1-4-2-5(9)3-6(13(14)15)7(4)12-8(10)11/h2-3H,1H3,(H4,10,11,12). The highest BCUT2D eigenvalue weighted by atomic mass is 19.1. The van der Waals surface area contributed by atoms with Gasteiger partial charge < -0.3 is 11.5 Å². The summed E-state index contributed by atoms with van der Waals surface area (Å²) in [6.07, 6.45) is 0. The fourth-order valence-electron chi connectivity index (χ4n) is 1.13. The number of hydrogen-bond donors (Lipinski definition) is 2. The van der Waals surface area contributed by atoms with Crippen LogP contribution in [0.4, 0.5) is 15.8 Å². The van der Waals surface area contributed by atoms with Crippen LogP contribution in [-0.2, 0) is 0 Å². The van der Waals surface area contributed by atoms with E-state index in [1.807, 2.05) is 0 Å². The minimum Gasteiger partial charge on any atom is -0.370 e. The van der Waals surface area contributed by atoms with Gasteiger partial charge in [-0.3, -0.25) is 10.1 Å².